The molecule has 1 saturated heterocycles. The third-order valence-electron chi connectivity index (χ3n) is 6.33. The van der Waals surface area contributed by atoms with Crippen LogP contribution >= 0.6 is 0 Å². The van der Waals surface area contributed by atoms with Crippen LogP contribution in [0.5, 0.6) is 5.75 Å². The first-order chi connectivity index (χ1) is 17.5. The van der Waals surface area contributed by atoms with Gasteiger partial charge in [0.25, 0.3) is 11.6 Å². The van der Waals surface area contributed by atoms with Crippen LogP contribution in [0.1, 0.15) is 42.2 Å². The number of anilines is 2. The topological polar surface area (TPSA) is 88.0 Å². The Hall–Kier alpha value is -4.07. The van der Waals surface area contributed by atoms with Gasteiger partial charge in [0, 0.05) is 49.5 Å². The maximum Gasteiger partial charge on any atom is 0.292 e. The minimum absolute atomic E-state index is 0.0145. The molecular weight excluding hydrogens is 456 g/mol. The molecule has 3 aromatic rings. The Kier molecular flexibility index (Phi) is 8.05. The number of nitro groups is 1. The van der Waals surface area contributed by atoms with E-state index in [-0.39, 0.29) is 22.6 Å². The Bertz CT molecular complexity index is 1190. The average molecular weight is 489 g/mol. The van der Waals surface area contributed by atoms with Gasteiger partial charge in [0.05, 0.1) is 11.5 Å². The van der Waals surface area contributed by atoms with Gasteiger partial charge in [-0.05, 0) is 49.2 Å². The maximum atomic E-state index is 13.1. The number of carbonyl (C=O) groups excluding carboxylic acids is 1. The summed E-state index contributed by atoms with van der Waals surface area (Å²) in [6.45, 7) is 7.07. The van der Waals surface area contributed by atoms with Gasteiger partial charge in [-0.25, -0.2) is 0 Å². The Morgan fingerprint density at radius 3 is 2.47 bits per heavy atom. The Morgan fingerprint density at radius 2 is 1.78 bits per heavy atom. The number of ether oxygens (including phenoxy) is 1. The molecule has 4 rings (SSSR count). The molecule has 36 heavy (non-hydrogen) atoms. The zero-order chi connectivity index (χ0) is 25.5. The predicted octanol–water partition coefficient (Wildman–Crippen LogP) is 5.52. The summed E-state index contributed by atoms with van der Waals surface area (Å²) in [6, 6.07) is 22.2. The van der Waals surface area contributed by atoms with Gasteiger partial charge in [0.2, 0.25) is 0 Å². The number of nitrogens with zero attached hydrogens (tertiary/aromatic N) is 3. The van der Waals surface area contributed by atoms with Crippen molar-refractivity contribution in [2.75, 3.05) is 43.0 Å². The standard InChI is InChI=1S/C28H32N4O4/c1-3-18-36-25-11-7-10-23(19-25)28(33)31-16-14-30(15-17-31)24-12-13-27(32(34)35)26(20-24)29-21(2)22-8-5-4-6-9-22/h4-13,19-21,29H,3,14-18H2,1-2H3. The zero-order valence-electron chi connectivity index (χ0n) is 20.7. The van der Waals surface area contributed by atoms with Crippen LogP contribution in [0.2, 0.25) is 0 Å². The van der Waals surface area contributed by atoms with Crippen molar-refractivity contribution >= 4 is 23.0 Å². The molecule has 1 unspecified atom stereocenters. The van der Waals surface area contributed by atoms with Gasteiger partial charge >= 0.3 is 0 Å². The molecule has 1 aliphatic rings. The van der Waals surface area contributed by atoms with Crippen molar-refractivity contribution in [1.29, 1.82) is 0 Å². The monoisotopic (exact) mass is 488 g/mol. The molecule has 0 bridgehead atoms. The van der Waals surface area contributed by atoms with Crippen LogP contribution in [-0.4, -0.2) is 48.5 Å². The van der Waals surface area contributed by atoms with Crippen molar-refractivity contribution in [3.8, 4) is 5.75 Å². The molecule has 0 saturated carbocycles. The lowest BCUT2D eigenvalue weighted by Crippen LogP contribution is -2.48. The van der Waals surface area contributed by atoms with E-state index in [1.54, 1.807) is 18.2 Å². The summed E-state index contributed by atoms with van der Waals surface area (Å²) in [6.07, 6.45) is 0.908. The molecule has 188 valence electrons. The van der Waals surface area contributed by atoms with Gasteiger partial charge in [-0.3, -0.25) is 14.9 Å². The van der Waals surface area contributed by atoms with Crippen LogP contribution in [-0.2, 0) is 0 Å². The van der Waals surface area contributed by atoms with E-state index in [1.807, 2.05) is 73.3 Å². The molecule has 0 radical (unpaired) electrons. The number of nitrogens with one attached hydrogen (secondary N) is 1. The summed E-state index contributed by atoms with van der Waals surface area (Å²) in [7, 11) is 0. The fourth-order valence-corrected chi connectivity index (χ4v) is 4.34. The average Bonchev–Trinajstić information content (AvgIpc) is 2.92. The number of hydrogen-bond acceptors (Lipinski definition) is 6. The summed E-state index contributed by atoms with van der Waals surface area (Å²) in [5.41, 5.74) is 3.09. The molecule has 3 aromatic carbocycles. The number of benzene rings is 3. The second kappa shape index (κ2) is 11.6. The minimum Gasteiger partial charge on any atom is -0.494 e. The highest BCUT2D eigenvalue weighted by atomic mass is 16.6. The van der Waals surface area contributed by atoms with Crippen LogP contribution in [0.25, 0.3) is 0 Å². The van der Waals surface area contributed by atoms with E-state index in [2.05, 4.69) is 10.2 Å². The molecule has 1 atom stereocenters. The Balaban J connectivity index is 1.44. The van der Waals surface area contributed by atoms with Gasteiger partial charge in [-0.15, -0.1) is 0 Å². The van der Waals surface area contributed by atoms with Gasteiger partial charge in [0.1, 0.15) is 11.4 Å². The number of carbonyl (C=O) groups is 1. The van der Waals surface area contributed by atoms with E-state index in [4.69, 9.17) is 4.74 Å². The van der Waals surface area contributed by atoms with Crippen LogP contribution in [0, 0.1) is 10.1 Å². The molecule has 1 amide bonds. The van der Waals surface area contributed by atoms with Gasteiger partial charge < -0.3 is 19.9 Å². The molecule has 1 aliphatic heterocycles. The van der Waals surface area contributed by atoms with Crippen molar-refractivity contribution in [3.63, 3.8) is 0 Å². The SMILES string of the molecule is CCCOc1cccc(C(=O)N2CCN(c3ccc([N+](=O)[O-])c(NC(C)c4ccccc4)c3)CC2)c1. The highest BCUT2D eigenvalue weighted by Gasteiger charge is 2.24. The summed E-state index contributed by atoms with van der Waals surface area (Å²) in [4.78, 5) is 28.4. The molecular formula is C28H32N4O4. The van der Waals surface area contributed by atoms with Crippen molar-refractivity contribution in [3.05, 3.63) is 94.0 Å². The highest BCUT2D eigenvalue weighted by Crippen LogP contribution is 2.33. The number of amides is 1. The molecule has 0 spiro atoms. The van der Waals surface area contributed by atoms with Gasteiger partial charge in [-0.1, -0.05) is 43.3 Å². The van der Waals surface area contributed by atoms with E-state index >= 15 is 0 Å². The summed E-state index contributed by atoms with van der Waals surface area (Å²) >= 11 is 0. The van der Waals surface area contributed by atoms with Crippen LogP contribution in [0.3, 0.4) is 0 Å². The molecule has 1 heterocycles. The second-order valence-corrected chi connectivity index (χ2v) is 8.89. The van der Waals surface area contributed by atoms with Gasteiger partial charge in [-0.2, -0.15) is 0 Å². The molecule has 1 N–H and O–H groups in total. The summed E-state index contributed by atoms with van der Waals surface area (Å²) in [5, 5.41) is 15.0. The van der Waals surface area contributed by atoms with Gasteiger partial charge in [0.15, 0.2) is 0 Å². The fraction of sp³-hybridized carbons (Fsp3) is 0.321. The van der Waals surface area contributed by atoms with E-state index in [9.17, 15) is 14.9 Å². The zero-order valence-corrected chi connectivity index (χ0v) is 20.7. The van der Waals surface area contributed by atoms with Crippen LogP contribution in [0.4, 0.5) is 17.1 Å². The minimum atomic E-state index is -0.362. The summed E-state index contributed by atoms with van der Waals surface area (Å²) in [5.74, 6) is 0.691. The first-order valence-corrected chi connectivity index (χ1v) is 12.3. The van der Waals surface area contributed by atoms with E-state index in [1.165, 1.54) is 0 Å². The van der Waals surface area contributed by atoms with Crippen molar-refractivity contribution in [2.24, 2.45) is 0 Å². The molecule has 1 fully saturated rings. The number of piperazine rings is 1. The lowest BCUT2D eigenvalue weighted by Gasteiger charge is -2.36. The van der Waals surface area contributed by atoms with Crippen LogP contribution in [0.15, 0.2) is 72.8 Å². The molecule has 8 nitrogen and oxygen atoms in total. The first-order valence-electron chi connectivity index (χ1n) is 12.3. The largest absolute Gasteiger partial charge is 0.494 e. The third kappa shape index (κ3) is 5.94. The maximum absolute atomic E-state index is 13.1. The lowest BCUT2D eigenvalue weighted by atomic mass is 10.1. The lowest BCUT2D eigenvalue weighted by molar-refractivity contribution is -0.384. The molecule has 0 aliphatic carbocycles. The van der Waals surface area contributed by atoms with E-state index < -0.39 is 0 Å². The number of hydrogen-bond donors (Lipinski definition) is 1. The van der Waals surface area contributed by atoms with Crippen molar-refractivity contribution in [2.45, 2.75) is 26.3 Å². The first kappa shape index (κ1) is 25.0. The van der Waals surface area contributed by atoms with E-state index in [0.717, 1.165) is 17.7 Å². The third-order valence-corrected chi connectivity index (χ3v) is 6.33. The Morgan fingerprint density at radius 1 is 1.03 bits per heavy atom. The highest BCUT2D eigenvalue weighted by molar-refractivity contribution is 5.94. The summed E-state index contributed by atoms with van der Waals surface area (Å²) < 4.78 is 5.67. The normalized spacial score (nSPS) is 14.3. The smallest absolute Gasteiger partial charge is 0.292 e. The van der Waals surface area contributed by atoms with Crippen molar-refractivity contribution in [1.82, 2.24) is 4.90 Å². The van der Waals surface area contributed by atoms with Crippen molar-refractivity contribution < 1.29 is 14.5 Å². The quantitative estimate of drug-likeness (QED) is 0.315. The second-order valence-electron chi connectivity index (χ2n) is 8.89. The number of rotatable bonds is 9. The molecule has 8 heteroatoms. The van der Waals surface area contributed by atoms with E-state index in [0.29, 0.717) is 49.8 Å². The van der Waals surface area contributed by atoms with Crippen LogP contribution < -0.4 is 15.0 Å². The predicted molar refractivity (Wildman–Crippen MR) is 142 cm³/mol. The Labute approximate surface area is 211 Å². The molecule has 0 aromatic heterocycles. The fourth-order valence-electron chi connectivity index (χ4n) is 4.34. The number of nitro benzene ring substituents is 1.